The Morgan fingerprint density at radius 3 is 2.67 bits per heavy atom. The van der Waals surface area contributed by atoms with Crippen LogP contribution in [0.4, 0.5) is 0 Å². The van der Waals surface area contributed by atoms with Gasteiger partial charge in [0.05, 0.1) is 37.2 Å². The van der Waals surface area contributed by atoms with Gasteiger partial charge in [0.15, 0.2) is 0 Å². The minimum Gasteiger partial charge on any atom is -0.466 e. The smallest absolute Gasteiger partial charge is 0.312 e. The Hall–Kier alpha value is -1.45. The Morgan fingerprint density at radius 2 is 2.12 bits per heavy atom. The Kier molecular flexibility index (Phi) is 8.28. The van der Waals surface area contributed by atoms with Gasteiger partial charge in [0.1, 0.15) is 11.6 Å². The lowest BCUT2D eigenvalue weighted by molar-refractivity contribution is -0.156. The van der Waals surface area contributed by atoms with Crippen LogP contribution < -0.4 is 0 Å². The number of carbonyl (C=O) groups excluding carboxylic acids is 3. The average molecular weight is 529 g/mol. The van der Waals surface area contributed by atoms with Crippen molar-refractivity contribution >= 4 is 33.7 Å². The molecule has 1 N–H and O–H groups in total. The first-order chi connectivity index (χ1) is 15.7. The molecule has 1 spiro atoms. The van der Waals surface area contributed by atoms with E-state index >= 15 is 0 Å². The molecule has 3 aliphatic rings. The van der Waals surface area contributed by atoms with Gasteiger partial charge in [-0.25, -0.2) is 0 Å². The zero-order valence-electron chi connectivity index (χ0n) is 20.0. The second-order valence-corrected chi connectivity index (χ2v) is 10.8. The lowest BCUT2D eigenvalue weighted by atomic mass is 9.70. The second-order valence-electron chi connectivity index (χ2n) is 9.58. The van der Waals surface area contributed by atoms with Gasteiger partial charge in [0.2, 0.25) is 11.8 Å². The van der Waals surface area contributed by atoms with Gasteiger partial charge in [-0.1, -0.05) is 49.2 Å². The van der Waals surface area contributed by atoms with Crippen molar-refractivity contribution in [2.24, 2.45) is 17.8 Å². The highest BCUT2D eigenvalue weighted by Gasteiger charge is 2.77. The first-order valence-corrected chi connectivity index (χ1v) is 12.9. The summed E-state index contributed by atoms with van der Waals surface area (Å²) in [6.45, 7) is 12.2. The highest BCUT2D eigenvalue weighted by atomic mass is 79.9. The van der Waals surface area contributed by atoms with E-state index in [-0.39, 0.29) is 35.8 Å². The maximum absolute atomic E-state index is 14.1. The van der Waals surface area contributed by atoms with Crippen LogP contribution in [0, 0.1) is 17.8 Å². The predicted molar refractivity (Wildman–Crippen MR) is 127 cm³/mol. The van der Waals surface area contributed by atoms with E-state index in [1.54, 1.807) is 17.9 Å². The van der Waals surface area contributed by atoms with Crippen LogP contribution in [0.15, 0.2) is 12.7 Å². The fourth-order valence-corrected chi connectivity index (χ4v) is 6.74. The third kappa shape index (κ3) is 4.25. The van der Waals surface area contributed by atoms with E-state index in [2.05, 4.69) is 29.4 Å². The molecule has 7 atom stereocenters. The summed E-state index contributed by atoms with van der Waals surface area (Å²) in [4.78, 5) is 44.0. The molecule has 0 aromatic carbocycles. The topological polar surface area (TPSA) is 96.4 Å². The standard InChI is InChI=1S/C24H37BrN2O6/c1-6-9-11-26(10-7-2)22(30)20-24-12-15(25)19(33-24)17(23(31)32-8-3)18(24)21(29)27(20)16(13-28)14(4)5/h7,14-20,28H,2,6,8-13H2,1,3-5H3/t15?,16-,17+,18-,19+,20?,24?/m0/s1. The number of aliphatic hydroxyl groups is 1. The van der Waals surface area contributed by atoms with Crippen molar-refractivity contribution < 1.29 is 29.0 Å². The van der Waals surface area contributed by atoms with Crippen LogP contribution >= 0.6 is 15.9 Å². The number of amides is 2. The Bertz CT molecular complexity index is 776. The minimum absolute atomic E-state index is 0.0917. The lowest BCUT2D eigenvalue weighted by Crippen LogP contribution is -2.60. The highest BCUT2D eigenvalue weighted by Crippen LogP contribution is 2.60. The maximum Gasteiger partial charge on any atom is 0.312 e. The molecule has 3 rings (SSSR count). The van der Waals surface area contributed by atoms with Crippen LogP contribution in [0.2, 0.25) is 0 Å². The summed E-state index contributed by atoms with van der Waals surface area (Å²) in [7, 11) is 0. The number of hydrogen-bond acceptors (Lipinski definition) is 6. The molecule has 0 aromatic heterocycles. The Labute approximate surface area is 204 Å². The second kappa shape index (κ2) is 10.4. The quantitative estimate of drug-likeness (QED) is 0.250. The van der Waals surface area contributed by atoms with Crippen molar-refractivity contribution in [3.05, 3.63) is 12.7 Å². The summed E-state index contributed by atoms with van der Waals surface area (Å²) in [6.07, 6.45) is 3.31. The molecule has 33 heavy (non-hydrogen) atoms. The largest absolute Gasteiger partial charge is 0.466 e. The lowest BCUT2D eigenvalue weighted by Gasteiger charge is -2.40. The van der Waals surface area contributed by atoms with Gasteiger partial charge in [0.25, 0.3) is 0 Å². The molecule has 186 valence electrons. The molecule has 2 bridgehead atoms. The van der Waals surface area contributed by atoms with Crippen molar-refractivity contribution in [3.63, 3.8) is 0 Å². The molecular formula is C24H37BrN2O6. The van der Waals surface area contributed by atoms with Gasteiger partial charge in [-0.15, -0.1) is 6.58 Å². The fourth-order valence-electron chi connectivity index (χ4n) is 5.80. The summed E-state index contributed by atoms with van der Waals surface area (Å²) in [6, 6.07) is -1.49. The van der Waals surface area contributed by atoms with Crippen molar-refractivity contribution in [2.75, 3.05) is 26.3 Å². The molecule has 3 unspecified atom stereocenters. The fraction of sp³-hybridized carbons (Fsp3) is 0.792. The van der Waals surface area contributed by atoms with Gasteiger partial charge in [-0.2, -0.15) is 0 Å². The molecular weight excluding hydrogens is 492 g/mol. The van der Waals surface area contributed by atoms with Crippen molar-refractivity contribution in [1.29, 1.82) is 0 Å². The number of unbranched alkanes of at least 4 members (excludes halogenated alkanes) is 1. The number of alkyl halides is 1. The molecule has 0 aromatic rings. The molecule has 8 nitrogen and oxygen atoms in total. The molecule has 0 saturated carbocycles. The summed E-state index contributed by atoms with van der Waals surface area (Å²) in [5.74, 6) is -2.69. The van der Waals surface area contributed by atoms with E-state index in [4.69, 9.17) is 9.47 Å². The van der Waals surface area contributed by atoms with E-state index < -0.39 is 41.6 Å². The number of halogens is 1. The molecule has 2 amide bonds. The Morgan fingerprint density at radius 1 is 1.42 bits per heavy atom. The molecule has 3 saturated heterocycles. The van der Waals surface area contributed by atoms with Crippen LogP contribution in [0.1, 0.15) is 47.0 Å². The molecule has 3 aliphatic heterocycles. The van der Waals surface area contributed by atoms with Crippen LogP contribution in [-0.4, -0.2) is 87.6 Å². The van der Waals surface area contributed by atoms with Crippen LogP contribution in [0.3, 0.4) is 0 Å². The number of hydrogen-bond donors (Lipinski definition) is 1. The first kappa shape index (κ1) is 26.2. The zero-order valence-corrected chi connectivity index (χ0v) is 21.6. The molecule has 0 radical (unpaired) electrons. The number of rotatable bonds is 11. The van der Waals surface area contributed by atoms with Crippen LogP contribution in [0.25, 0.3) is 0 Å². The third-order valence-electron chi connectivity index (χ3n) is 7.28. The minimum atomic E-state index is -1.14. The van der Waals surface area contributed by atoms with E-state index in [1.807, 2.05) is 13.8 Å². The van der Waals surface area contributed by atoms with Crippen LogP contribution in [0.5, 0.6) is 0 Å². The van der Waals surface area contributed by atoms with Gasteiger partial charge >= 0.3 is 5.97 Å². The summed E-state index contributed by atoms with van der Waals surface area (Å²) >= 11 is 3.64. The van der Waals surface area contributed by atoms with E-state index in [9.17, 15) is 19.5 Å². The normalized spacial score (nSPS) is 33.4. The van der Waals surface area contributed by atoms with Crippen molar-refractivity contribution in [1.82, 2.24) is 9.80 Å². The van der Waals surface area contributed by atoms with E-state index in [0.29, 0.717) is 19.5 Å². The SMILES string of the molecule is C=CCN(CCCC)C(=O)C1N([C@@H](CO)C(C)C)C(=O)[C@@H]2[C@@H](C(=O)OCC)[C@@H]3OC12CC3Br. The molecule has 9 heteroatoms. The number of nitrogens with zero attached hydrogens (tertiary/aromatic N) is 2. The average Bonchev–Trinajstić information content (AvgIpc) is 3.35. The molecule has 0 aliphatic carbocycles. The Balaban J connectivity index is 2.11. The maximum atomic E-state index is 14.1. The van der Waals surface area contributed by atoms with E-state index in [0.717, 1.165) is 12.8 Å². The number of carbonyl (C=O) groups is 3. The number of aliphatic hydroxyl groups excluding tert-OH is 1. The summed E-state index contributed by atoms with van der Waals surface area (Å²) in [5, 5.41) is 10.2. The van der Waals surface area contributed by atoms with Crippen molar-refractivity contribution in [3.8, 4) is 0 Å². The van der Waals surface area contributed by atoms with Crippen LogP contribution in [-0.2, 0) is 23.9 Å². The van der Waals surface area contributed by atoms with Gasteiger partial charge in [-0.05, 0) is 25.7 Å². The highest BCUT2D eigenvalue weighted by molar-refractivity contribution is 9.09. The zero-order chi connectivity index (χ0) is 24.5. The van der Waals surface area contributed by atoms with E-state index in [1.165, 1.54) is 4.90 Å². The molecule has 3 heterocycles. The van der Waals surface area contributed by atoms with Crippen molar-refractivity contribution in [2.45, 2.75) is 75.6 Å². The number of likely N-dealkylation sites (tertiary alicyclic amines) is 1. The predicted octanol–water partition coefficient (Wildman–Crippen LogP) is 2.13. The summed E-state index contributed by atoms with van der Waals surface area (Å²) in [5.41, 5.74) is -1.14. The van der Waals surface area contributed by atoms with Gasteiger partial charge < -0.3 is 24.4 Å². The molecule has 3 fully saturated rings. The number of esters is 1. The van der Waals surface area contributed by atoms with Gasteiger partial charge in [0, 0.05) is 17.9 Å². The number of ether oxygens (including phenoxy) is 2. The third-order valence-corrected chi connectivity index (χ3v) is 8.12. The monoisotopic (exact) mass is 528 g/mol. The number of fused-ring (bicyclic) bond motifs is 1. The van der Waals surface area contributed by atoms with Gasteiger partial charge in [-0.3, -0.25) is 14.4 Å². The summed E-state index contributed by atoms with van der Waals surface area (Å²) < 4.78 is 11.8. The first-order valence-electron chi connectivity index (χ1n) is 12.0.